The second kappa shape index (κ2) is 19.3. The molecule has 16 nitrogen and oxygen atoms in total. The largest absolute Gasteiger partial charge is 3.00 e. The van der Waals surface area contributed by atoms with Gasteiger partial charge in [0.15, 0.2) is 31.0 Å². The number of aromatic amines is 2. The average Bonchev–Trinajstić information content (AvgIpc) is 3.62. The summed E-state index contributed by atoms with van der Waals surface area (Å²) in [5.74, 6) is -1.36. The Balaban J connectivity index is 0.000000290. The molecule has 0 fully saturated rings. The third-order valence-corrected chi connectivity index (χ3v) is 11.4. The predicted molar refractivity (Wildman–Crippen MR) is 198 cm³/mol. The van der Waals surface area contributed by atoms with Crippen LogP contribution in [0.4, 0.5) is 22.7 Å². The van der Waals surface area contributed by atoms with Gasteiger partial charge in [-0.3, -0.25) is 19.8 Å². The molecule has 0 saturated heterocycles. The van der Waals surface area contributed by atoms with Gasteiger partial charge in [-0.15, -0.1) is 10.2 Å². The molecule has 0 amide bonds. The molecular weight excluding hydrogens is 812 g/mol. The first-order valence-corrected chi connectivity index (χ1v) is 19.6. The molecule has 283 valence electrons. The molecule has 56 heavy (non-hydrogen) atoms. The monoisotopic (exact) mass is 845 g/mol. The van der Waals surface area contributed by atoms with Gasteiger partial charge in [0.25, 0.3) is 11.1 Å². The van der Waals surface area contributed by atoms with Gasteiger partial charge < -0.3 is 10.2 Å². The van der Waals surface area contributed by atoms with Gasteiger partial charge in [-0.25, -0.2) is 26.2 Å². The number of aryl methyl sites for hydroxylation is 2. The van der Waals surface area contributed by atoms with E-state index in [0.717, 1.165) is 12.1 Å². The van der Waals surface area contributed by atoms with Gasteiger partial charge in [0.05, 0.1) is 55.4 Å². The average molecular weight is 846 g/mol. The van der Waals surface area contributed by atoms with Gasteiger partial charge in [-0.05, 0) is 74.5 Å². The molecule has 4 aromatic carbocycles. The van der Waals surface area contributed by atoms with Gasteiger partial charge in [0.1, 0.15) is 0 Å². The molecular formula is C36H34CrN8NaO8S2+2. The normalized spacial score (nSPS) is 11.5. The van der Waals surface area contributed by atoms with Crippen molar-refractivity contribution in [3.8, 4) is 22.9 Å². The number of benzene rings is 4. The Morgan fingerprint density at radius 1 is 0.571 bits per heavy atom. The zero-order valence-corrected chi connectivity index (χ0v) is 35.7. The van der Waals surface area contributed by atoms with Crippen molar-refractivity contribution in [2.45, 2.75) is 37.5 Å². The van der Waals surface area contributed by atoms with Crippen LogP contribution in [0, 0.1) is 13.8 Å². The van der Waals surface area contributed by atoms with Crippen molar-refractivity contribution in [2.75, 3.05) is 11.5 Å². The molecule has 6 rings (SSSR count). The summed E-state index contributed by atoms with van der Waals surface area (Å²) in [5.41, 5.74) is 1.52. The minimum Gasteiger partial charge on any atom is -0.871 e. The maximum absolute atomic E-state index is 12.5. The fourth-order valence-electron chi connectivity index (χ4n) is 4.91. The van der Waals surface area contributed by atoms with E-state index in [2.05, 4.69) is 30.7 Å². The number of nitrogens with zero attached hydrogens (tertiary/aromatic N) is 6. The fraction of sp³-hybridized carbons (Fsp3) is 0.167. The van der Waals surface area contributed by atoms with Crippen LogP contribution < -0.4 is 50.9 Å². The summed E-state index contributed by atoms with van der Waals surface area (Å²) in [4.78, 5) is 25.0. The van der Waals surface area contributed by atoms with Crippen molar-refractivity contribution in [1.29, 1.82) is 0 Å². The Hall–Kier alpha value is -4.87. The van der Waals surface area contributed by atoms with E-state index >= 15 is 0 Å². The van der Waals surface area contributed by atoms with E-state index < -0.39 is 42.3 Å². The number of rotatable bonds is 10. The van der Waals surface area contributed by atoms with Crippen molar-refractivity contribution in [3.05, 3.63) is 129 Å². The Labute approximate surface area is 354 Å². The van der Waals surface area contributed by atoms with Gasteiger partial charge in [0, 0.05) is 0 Å². The first-order chi connectivity index (χ1) is 25.7. The summed E-state index contributed by atoms with van der Waals surface area (Å²) in [6, 6.07) is 25.1. The van der Waals surface area contributed by atoms with Crippen molar-refractivity contribution in [3.63, 3.8) is 0 Å². The Kier molecular flexibility index (Phi) is 15.7. The van der Waals surface area contributed by atoms with Crippen LogP contribution in [0.15, 0.2) is 137 Å². The number of para-hydroxylation sites is 2. The summed E-state index contributed by atoms with van der Waals surface area (Å²) in [5, 5.41) is 45.5. The molecule has 20 heteroatoms. The summed E-state index contributed by atoms with van der Waals surface area (Å²) < 4.78 is 50.0. The van der Waals surface area contributed by atoms with E-state index in [4.69, 9.17) is 0 Å². The van der Waals surface area contributed by atoms with Gasteiger partial charge in [0.2, 0.25) is 0 Å². The van der Waals surface area contributed by atoms with Crippen molar-refractivity contribution < 1.29 is 74.0 Å². The SMILES string of the molecule is CCS(=O)(=O)c1ccc(N=Nc2c(C)[nH]n(-c3ccccc3)c2=O)c([O-])c1.CCS(=O)(=O)c1ccc(N=Nc2c(C)[nH]n(-c3ccccc3)c2=O)c([O-])c1.[Cr+3].[Na+]. The van der Waals surface area contributed by atoms with Crippen LogP contribution in [-0.4, -0.2) is 47.9 Å². The number of sulfone groups is 2. The minimum absolute atomic E-state index is 0. The van der Waals surface area contributed by atoms with Crippen molar-refractivity contribution in [2.24, 2.45) is 20.5 Å². The molecule has 1 radical (unpaired) electrons. The van der Waals surface area contributed by atoms with Crippen LogP contribution in [0.2, 0.25) is 0 Å². The van der Waals surface area contributed by atoms with E-state index in [9.17, 15) is 36.6 Å². The molecule has 2 aromatic heterocycles. The zero-order chi connectivity index (χ0) is 39.2. The third-order valence-electron chi connectivity index (χ3n) is 7.97. The van der Waals surface area contributed by atoms with Crippen LogP contribution in [0.3, 0.4) is 0 Å². The van der Waals surface area contributed by atoms with E-state index in [0.29, 0.717) is 22.8 Å². The van der Waals surface area contributed by atoms with E-state index in [-0.39, 0.29) is 91.0 Å². The second-order valence-corrected chi connectivity index (χ2v) is 16.1. The van der Waals surface area contributed by atoms with Crippen molar-refractivity contribution >= 4 is 42.4 Å². The number of aromatic nitrogens is 4. The number of hydrogen-bond acceptors (Lipinski definition) is 12. The molecule has 0 bridgehead atoms. The molecule has 6 aromatic rings. The van der Waals surface area contributed by atoms with Crippen LogP contribution in [0.5, 0.6) is 11.5 Å². The Morgan fingerprint density at radius 2 is 0.911 bits per heavy atom. The molecule has 2 N–H and O–H groups in total. The van der Waals surface area contributed by atoms with E-state index in [1.54, 1.807) is 62.4 Å². The van der Waals surface area contributed by atoms with Gasteiger partial charge >= 0.3 is 46.9 Å². The van der Waals surface area contributed by atoms with Crippen LogP contribution in [0.1, 0.15) is 25.2 Å². The second-order valence-electron chi connectivity index (χ2n) is 11.6. The Bertz CT molecular complexity index is 2530. The molecule has 2 heterocycles. The standard InChI is InChI=1S/2C18H18N4O4S.Cr.Na/c2*1-3-27(25,26)14-9-10-15(16(23)11-14)19-20-17-12(2)21-22(18(17)24)13-7-5-4-6-8-13;;/h2*4-11,21,23H,3H2,1-2H3;;/q;;+3;+1/p-2. The number of H-pyrrole nitrogens is 2. The first-order valence-electron chi connectivity index (χ1n) is 16.3. The maximum Gasteiger partial charge on any atom is 3.00 e. The van der Waals surface area contributed by atoms with Crippen molar-refractivity contribution in [1.82, 2.24) is 19.6 Å². The molecule has 0 aliphatic carbocycles. The molecule has 0 unspecified atom stereocenters. The molecule has 0 aliphatic heterocycles. The summed E-state index contributed by atoms with van der Waals surface area (Å²) in [6.07, 6.45) is 0. The van der Waals surface area contributed by atoms with Gasteiger partial charge in [-0.2, -0.15) is 10.2 Å². The summed E-state index contributed by atoms with van der Waals surface area (Å²) in [6.45, 7) is 6.34. The molecule has 0 saturated carbocycles. The van der Waals surface area contributed by atoms with Gasteiger partial charge in [-0.1, -0.05) is 61.7 Å². The third kappa shape index (κ3) is 10.3. The summed E-state index contributed by atoms with van der Waals surface area (Å²) in [7, 11) is -6.95. The van der Waals surface area contributed by atoms with Crippen LogP contribution in [0.25, 0.3) is 11.4 Å². The molecule has 0 spiro atoms. The number of azo groups is 2. The van der Waals surface area contributed by atoms with E-state index in [1.165, 1.54) is 47.5 Å². The first kappa shape index (κ1) is 45.5. The quantitative estimate of drug-likeness (QED) is 0.153. The minimum atomic E-state index is -3.48. The molecule has 0 aliphatic rings. The summed E-state index contributed by atoms with van der Waals surface area (Å²) >= 11 is 0. The maximum atomic E-state index is 12.5. The molecule has 0 atom stereocenters. The Morgan fingerprint density at radius 3 is 1.21 bits per heavy atom. The number of nitrogens with one attached hydrogen (secondary N) is 2. The predicted octanol–water partition coefficient (Wildman–Crippen LogP) is 2.51. The smallest absolute Gasteiger partial charge is 0.871 e. The van der Waals surface area contributed by atoms with Crippen LogP contribution in [-0.2, 0) is 37.0 Å². The van der Waals surface area contributed by atoms with E-state index in [1.807, 2.05) is 12.1 Å². The fourth-order valence-corrected chi connectivity index (χ4v) is 6.70. The van der Waals surface area contributed by atoms with Crippen LogP contribution >= 0.6 is 0 Å². The topological polar surface area (TPSA) is 239 Å². The number of hydrogen-bond donors (Lipinski definition) is 2. The zero-order valence-electron chi connectivity index (χ0n) is 30.8.